The molecule has 0 atom stereocenters. The molecule has 0 unspecified atom stereocenters. The van der Waals surface area contributed by atoms with Gasteiger partial charge in [0.25, 0.3) is 0 Å². The Morgan fingerprint density at radius 3 is 1.06 bits per heavy atom. The van der Waals surface area contributed by atoms with Crippen LogP contribution in [0.5, 0.6) is 0 Å². The Hall–Kier alpha value is -1.58. The third kappa shape index (κ3) is 72.4. The third-order valence-corrected chi connectivity index (χ3v) is 12.5. The summed E-state index contributed by atoms with van der Waals surface area (Å²) in [6.07, 6.45) is 36.6. The molecule has 0 aliphatic heterocycles. The standard InChI is InChI=1S/C12H20O4.2C12H24O2.2C4H9.Sn/c1-2-3-4-5-6-7-10-16-12(15)9-8-11(13)14;2*1-2-3-4-5-6-7-8-9-10-11-12(13)14;2*1-3-4-2;/h8-9H,2-7,10H2,1H3,(H,13,14);2*2-11H2,1H3,(H,13,14);2*1,3-4H2,2H3;/q;;;;;+2/p-2/b9-8-;;;;;. The summed E-state index contributed by atoms with van der Waals surface area (Å²) >= 11 is 0.149. The van der Waals surface area contributed by atoms with E-state index in [-0.39, 0.29) is 34.0 Å². The van der Waals surface area contributed by atoms with Crippen LogP contribution in [0.1, 0.15) is 227 Å². The van der Waals surface area contributed by atoms with E-state index in [2.05, 4.69) is 34.6 Å². The number of hydrogen-bond donors (Lipinski definition) is 1. The Balaban J connectivity index is -0.000000307. The van der Waals surface area contributed by atoms with E-state index < -0.39 is 23.9 Å². The quantitative estimate of drug-likeness (QED) is 0.0287. The summed E-state index contributed by atoms with van der Waals surface area (Å²) in [6, 6.07) is 0. The number of aliphatic carboxylic acids is 3. The molecule has 0 aromatic rings. The summed E-state index contributed by atoms with van der Waals surface area (Å²) < 4.78 is 8.06. The summed E-state index contributed by atoms with van der Waals surface area (Å²) in [4.78, 5) is 41.2. The molecule has 0 fully saturated rings. The second-order valence-electron chi connectivity index (χ2n) is 14.0. The van der Waals surface area contributed by atoms with Crippen LogP contribution in [0.4, 0.5) is 0 Å². The van der Waals surface area contributed by atoms with Crippen molar-refractivity contribution in [2.45, 2.75) is 236 Å². The molecule has 0 radical (unpaired) electrons. The molecule has 0 spiro atoms. The molecule has 0 bridgehead atoms. The van der Waals surface area contributed by atoms with E-state index >= 15 is 0 Å². The van der Waals surface area contributed by atoms with Gasteiger partial charge in [0.05, 0.1) is 6.61 Å². The zero-order chi connectivity index (χ0) is 40.5. The molecule has 0 aliphatic rings. The number of carbonyl (C=O) groups excluding carboxylic acids is 3. The minimum absolute atomic E-state index is 0.149. The molecule has 312 valence electrons. The normalized spacial score (nSPS) is 10.2. The number of esters is 1. The average molecular weight is 860 g/mol. The molecule has 0 saturated heterocycles. The number of unbranched alkanes of at least 4 members (excludes halogenated alkanes) is 23. The average Bonchev–Trinajstić information content (AvgIpc) is 3.13. The van der Waals surface area contributed by atoms with Crippen LogP contribution in [0, 0.1) is 0 Å². The van der Waals surface area contributed by atoms with E-state index in [1.807, 2.05) is 0 Å². The van der Waals surface area contributed by atoms with E-state index in [1.165, 1.54) is 135 Å². The predicted octanol–water partition coefficient (Wildman–Crippen LogP) is 11.0. The second-order valence-corrected chi connectivity index (χ2v) is 18.2. The van der Waals surface area contributed by atoms with Crippen molar-refractivity contribution in [2.24, 2.45) is 0 Å². The van der Waals surface area contributed by atoms with E-state index in [0.717, 1.165) is 57.1 Å². The van der Waals surface area contributed by atoms with Gasteiger partial charge < -0.3 is 29.6 Å². The van der Waals surface area contributed by atoms with Gasteiger partial charge in [-0.05, 0) is 32.1 Å². The Morgan fingerprint density at radius 1 is 0.453 bits per heavy atom. The van der Waals surface area contributed by atoms with Gasteiger partial charge in [-0.25, -0.2) is 9.59 Å². The number of carboxylic acids is 3. The van der Waals surface area contributed by atoms with Crippen LogP contribution in [0.25, 0.3) is 0 Å². The first-order valence-electron chi connectivity index (χ1n) is 21.8. The van der Waals surface area contributed by atoms with Crippen molar-refractivity contribution in [1.82, 2.24) is 0 Å². The van der Waals surface area contributed by atoms with E-state index in [1.54, 1.807) is 8.87 Å². The molecule has 8 nitrogen and oxygen atoms in total. The first kappa shape index (κ1) is 58.1. The molecule has 0 saturated carbocycles. The third-order valence-electron chi connectivity index (χ3n) is 8.49. The number of carbonyl (C=O) groups is 4. The number of hydrogen-bond acceptors (Lipinski definition) is 7. The SMILES string of the molecule is CCCCCCCCCCCC(=O)[O-].CCCCCCCCCCCC(=O)[O-].CCCCCCCCOC(=O)/C=C\C(=O)O.CCC[CH2][Sn+2][CH2]CCC. The number of rotatable bonds is 35. The minimum atomic E-state index is -1.14. The summed E-state index contributed by atoms with van der Waals surface area (Å²) in [7, 11) is 0. The van der Waals surface area contributed by atoms with Crippen LogP contribution >= 0.6 is 0 Å². The topological polar surface area (TPSA) is 144 Å². The van der Waals surface area contributed by atoms with E-state index in [9.17, 15) is 29.4 Å². The molecule has 53 heavy (non-hydrogen) atoms. The van der Waals surface area contributed by atoms with Crippen molar-refractivity contribution in [3.05, 3.63) is 12.2 Å². The first-order chi connectivity index (χ1) is 25.6. The van der Waals surface area contributed by atoms with Crippen LogP contribution in [-0.4, -0.2) is 56.7 Å². The van der Waals surface area contributed by atoms with Crippen molar-refractivity contribution in [3.8, 4) is 0 Å². The van der Waals surface area contributed by atoms with Crippen molar-refractivity contribution in [2.75, 3.05) is 6.61 Å². The maximum absolute atomic E-state index is 10.9. The molecule has 0 aromatic carbocycles. The molecule has 0 aliphatic carbocycles. The molecule has 0 heterocycles. The van der Waals surface area contributed by atoms with Gasteiger partial charge in [-0.1, -0.05) is 156 Å². The van der Waals surface area contributed by atoms with Gasteiger partial charge in [0.1, 0.15) is 0 Å². The van der Waals surface area contributed by atoms with Crippen LogP contribution in [0.15, 0.2) is 12.2 Å². The molecular weight excluding hydrogens is 775 g/mol. The maximum atomic E-state index is 10.9. The molecule has 0 aromatic heterocycles. The van der Waals surface area contributed by atoms with Crippen molar-refractivity contribution in [3.63, 3.8) is 0 Å². The first-order valence-corrected chi connectivity index (χ1v) is 25.8. The van der Waals surface area contributed by atoms with Crippen LogP contribution in [-0.2, 0) is 23.9 Å². The monoisotopic (exact) mass is 861 g/mol. The van der Waals surface area contributed by atoms with Gasteiger partial charge in [-0.2, -0.15) is 0 Å². The van der Waals surface area contributed by atoms with Crippen molar-refractivity contribution >= 4 is 45.0 Å². The Bertz CT molecular complexity index is 749. The second kappa shape index (κ2) is 54.8. The zero-order valence-corrected chi connectivity index (χ0v) is 38.1. The fourth-order valence-electron chi connectivity index (χ4n) is 5.13. The van der Waals surface area contributed by atoms with Gasteiger partial charge >= 0.3 is 81.5 Å². The van der Waals surface area contributed by atoms with E-state index in [4.69, 9.17) is 9.84 Å². The van der Waals surface area contributed by atoms with Crippen LogP contribution in [0.3, 0.4) is 0 Å². The number of carboxylic acid groups (broad SMARTS) is 3. The number of ether oxygens (including phenoxy) is 1. The fourth-order valence-corrected chi connectivity index (χ4v) is 9.29. The fraction of sp³-hybridized carbons (Fsp3) is 0.864. The summed E-state index contributed by atoms with van der Waals surface area (Å²) in [5.41, 5.74) is 0. The Kier molecular flexibility index (Phi) is 60.1. The molecule has 0 rings (SSSR count). The summed E-state index contributed by atoms with van der Waals surface area (Å²) in [5, 5.41) is 28.5. The van der Waals surface area contributed by atoms with Gasteiger partial charge in [0, 0.05) is 24.1 Å². The Morgan fingerprint density at radius 2 is 0.755 bits per heavy atom. The summed E-state index contributed by atoms with van der Waals surface area (Å²) in [6.45, 7) is 11.6. The molecule has 0 amide bonds. The van der Waals surface area contributed by atoms with Crippen molar-refractivity contribution < 1.29 is 39.2 Å². The van der Waals surface area contributed by atoms with Crippen LogP contribution in [0.2, 0.25) is 8.87 Å². The van der Waals surface area contributed by atoms with Crippen LogP contribution < -0.4 is 10.2 Å². The van der Waals surface area contributed by atoms with E-state index in [0.29, 0.717) is 6.61 Å². The van der Waals surface area contributed by atoms with Gasteiger partial charge in [-0.15, -0.1) is 0 Å². The van der Waals surface area contributed by atoms with Gasteiger partial charge in [-0.3, -0.25) is 0 Å². The zero-order valence-electron chi connectivity index (χ0n) is 35.3. The summed E-state index contributed by atoms with van der Waals surface area (Å²) in [5.74, 6) is -3.55. The molecule has 1 N–H and O–H groups in total. The molecule has 9 heteroatoms. The predicted molar refractivity (Wildman–Crippen MR) is 220 cm³/mol. The van der Waals surface area contributed by atoms with Crippen molar-refractivity contribution in [1.29, 1.82) is 0 Å². The molecular formula is C44H84O8Sn. The Labute approximate surface area is 337 Å². The van der Waals surface area contributed by atoms with Gasteiger partial charge in [0.15, 0.2) is 0 Å². The van der Waals surface area contributed by atoms with Gasteiger partial charge in [0.2, 0.25) is 0 Å².